The molecule has 27 heavy (non-hydrogen) atoms. The van der Waals surface area contributed by atoms with Crippen molar-refractivity contribution < 1.29 is 18.7 Å². The molecule has 1 aromatic heterocycles. The van der Waals surface area contributed by atoms with Crippen LogP contribution >= 0.6 is 0 Å². The first-order valence-corrected chi connectivity index (χ1v) is 9.47. The topological polar surface area (TPSA) is 68.5 Å². The Morgan fingerprint density at radius 2 is 1.85 bits per heavy atom. The van der Waals surface area contributed by atoms with Crippen molar-refractivity contribution in [2.45, 2.75) is 51.7 Å². The van der Waals surface area contributed by atoms with Crippen LogP contribution in [-0.4, -0.2) is 24.0 Å². The average molecular weight is 365 g/mol. The van der Waals surface area contributed by atoms with Gasteiger partial charge in [-0.25, -0.2) is 4.79 Å². The molecule has 0 spiro atoms. The molecule has 0 saturated heterocycles. The normalized spacial score (nSPS) is 15.9. The van der Waals surface area contributed by atoms with E-state index >= 15 is 0 Å². The Bertz CT molecular complexity index is 1010. The predicted molar refractivity (Wildman–Crippen MR) is 104 cm³/mol. The van der Waals surface area contributed by atoms with Gasteiger partial charge in [-0.15, -0.1) is 0 Å². The minimum atomic E-state index is -0.859. The van der Waals surface area contributed by atoms with Crippen LogP contribution in [0.4, 0.5) is 0 Å². The Kier molecular flexibility index (Phi) is 4.60. The molecule has 1 amide bonds. The second-order valence-corrected chi connectivity index (χ2v) is 7.26. The van der Waals surface area contributed by atoms with E-state index in [4.69, 9.17) is 9.15 Å². The molecule has 0 bridgehead atoms. The number of ether oxygens (including phenoxy) is 1. The van der Waals surface area contributed by atoms with Crippen LogP contribution in [0.15, 0.2) is 40.8 Å². The lowest BCUT2D eigenvalue weighted by Gasteiger charge is -2.16. The summed E-state index contributed by atoms with van der Waals surface area (Å²) in [5.41, 5.74) is 1.39. The molecule has 1 fully saturated rings. The third-order valence-electron chi connectivity index (χ3n) is 5.37. The molecule has 1 saturated carbocycles. The quantitative estimate of drug-likeness (QED) is 0.691. The van der Waals surface area contributed by atoms with Gasteiger partial charge in [0.05, 0.1) is 0 Å². The Morgan fingerprint density at radius 3 is 2.63 bits per heavy atom. The van der Waals surface area contributed by atoms with E-state index in [9.17, 15) is 9.59 Å². The highest BCUT2D eigenvalue weighted by atomic mass is 16.6. The number of aryl methyl sites for hydroxylation is 1. The lowest BCUT2D eigenvalue weighted by molar-refractivity contribution is -0.129. The van der Waals surface area contributed by atoms with E-state index in [-0.39, 0.29) is 17.7 Å². The number of esters is 1. The standard InChI is InChI=1S/C22H23NO4/c1-13-17-12-11-15-7-3-6-10-18(15)20(17)27-19(13)22(25)26-14(2)21(24)23-16-8-4-5-9-16/h3,6-7,10-12,14,16H,4-5,8-9H2,1-2H3,(H,23,24). The second-order valence-electron chi connectivity index (χ2n) is 7.26. The first-order valence-electron chi connectivity index (χ1n) is 9.47. The van der Waals surface area contributed by atoms with Crippen LogP contribution in [0.25, 0.3) is 21.7 Å². The number of hydrogen-bond donors (Lipinski definition) is 1. The smallest absolute Gasteiger partial charge is 0.375 e. The molecule has 1 atom stereocenters. The second kappa shape index (κ2) is 7.06. The number of hydrogen-bond acceptors (Lipinski definition) is 4. The minimum absolute atomic E-state index is 0.155. The van der Waals surface area contributed by atoms with Crippen molar-refractivity contribution in [3.63, 3.8) is 0 Å². The molecule has 3 aromatic rings. The first kappa shape index (κ1) is 17.6. The predicted octanol–water partition coefficient (Wildman–Crippen LogP) is 4.50. The fourth-order valence-corrected chi connectivity index (χ4v) is 3.80. The van der Waals surface area contributed by atoms with Crippen molar-refractivity contribution in [2.24, 2.45) is 0 Å². The maximum absolute atomic E-state index is 12.6. The van der Waals surface area contributed by atoms with Gasteiger partial charge in [-0.3, -0.25) is 4.79 Å². The molecule has 0 radical (unpaired) electrons. The van der Waals surface area contributed by atoms with Gasteiger partial charge >= 0.3 is 5.97 Å². The summed E-state index contributed by atoms with van der Waals surface area (Å²) < 4.78 is 11.3. The van der Waals surface area contributed by atoms with Gasteiger partial charge in [0.15, 0.2) is 6.10 Å². The summed E-state index contributed by atoms with van der Waals surface area (Å²) in [7, 11) is 0. The van der Waals surface area contributed by atoms with Crippen LogP contribution < -0.4 is 5.32 Å². The lowest BCUT2D eigenvalue weighted by atomic mass is 10.1. The fourth-order valence-electron chi connectivity index (χ4n) is 3.80. The Labute approximate surface area is 157 Å². The Morgan fingerprint density at radius 1 is 1.11 bits per heavy atom. The number of fused-ring (bicyclic) bond motifs is 3. The van der Waals surface area contributed by atoms with Crippen molar-refractivity contribution in [3.8, 4) is 0 Å². The van der Waals surface area contributed by atoms with E-state index in [2.05, 4.69) is 5.32 Å². The molecular weight excluding hydrogens is 342 g/mol. The van der Waals surface area contributed by atoms with Crippen molar-refractivity contribution in [3.05, 3.63) is 47.7 Å². The van der Waals surface area contributed by atoms with Crippen molar-refractivity contribution >= 4 is 33.6 Å². The fraction of sp³-hybridized carbons (Fsp3) is 0.364. The number of amides is 1. The highest BCUT2D eigenvalue weighted by Crippen LogP contribution is 2.32. The van der Waals surface area contributed by atoms with Crippen molar-refractivity contribution in [2.75, 3.05) is 0 Å². The van der Waals surface area contributed by atoms with E-state index in [1.54, 1.807) is 6.92 Å². The van der Waals surface area contributed by atoms with Gasteiger partial charge in [0.2, 0.25) is 5.76 Å². The monoisotopic (exact) mass is 365 g/mol. The summed E-state index contributed by atoms with van der Waals surface area (Å²) in [4.78, 5) is 24.9. The highest BCUT2D eigenvalue weighted by molar-refractivity contribution is 6.08. The number of rotatable bonds is 4. The molecule has 5 nitrogen and oxygen atoms in total. The molecule has 4 rings (SSSR count). The van der Waals surface area contributed by atoms with E-state index in [0.717, 1.165) is 47.4 Å². The molecular formula is C22H23NO4. The lowest BCUT2D eigenvalue weighted by Crippen LogP contribution is -2.40. The zero-order valence-corrected chi connectivity index (χ0v) is 15.6. The summed E-state index contributed by atoms with van der Waals surface area (Å²) in [5, 5.41) is 5.83. The average Bonchev–Trinajstić information content (AvgIpc) is 3.29. The van der Waals surface area contributed by atoms with Crippen LogP contribution in [0.2, 0.25) is 0 Å². The summed E-state index contributed by atoms with van der Waals surface area (Å²) >= 11 is 0. The van der Waals surface area contributed by atoms with Gasteiger partial charge in [0.1, 0.15) is 5.58 Å². The van der Waals surface area contributed by atoms with Gasteiger partial charge in [0.25, 0.3) is 5.91 Å². The van der Waals surface area contributed by atoms with Crippen molar-refractivity contribution in [1.82, 2.24) is 5.32 Å². The van der Waals surface area contributed by atoms with Gasteiger partial charge in [0, 0.05) is 22.4 Å². The zero-order valence-electron chi connectivity index (χ0n) is 15.6. The summed E-state index contributed by atoms with van der Waals surface area (Å²) in [6.45, 7) is 3.43. The third-order valence-corrected chi connectivity index (χ3v) is 5.37. The van der Waals surface area contributed by atoms with E-state index in [1.807, 2.05) is 43.3 Å². The van der Waals surface area contributed by atoms with Gasteiger partial charge in [-0.1, -0.05) is 49.2 Å². The maximum atomic E-state index is 12.6. The molecule has 1 unspecified atom stereocenters. The molecule has 1 aliphatic rings. The Balaban J connectivity index is 1.56. The molecule has 140 valence electrons. The number of carbonyl (C=O) groups excluding carboxylic acids is 2. The van der Waals surface area contributed by atoms with Crippen LogP contribution in [0.1, 0.15) is 48.7 Å². The maximum Gasteiger partial charge on any atom is 0.375 e. The molecule has 5 heteroatoms. The minimum Gasteiger partial charge on any atom is -0.448 e. The van der Waals surface area contributed by atoms with Gasteiger partial charge in [-0.05, 0) is 32.1 Å². The number of nitrogens with one attached hydrogen (secondary N) is 1. The summed E-state index contributed by atoms with van der Waals surface area (Å²) in [6.07, 6.45) is 3.38. The van der Waals surface area contributed by atoms with E-state index in [0.29, 0.717) is 5.58 Å². The molecule has 2 aromatic carbocycles. The van der Waals surface area contributed by atoms with Crippen molar-refractivity contribution in [1.29, 1.82) is 0 Å². The number of carbonyl (C=O) groups is 2. The van der Waals surface area contributed by atoms with Crippen LogP contribution in [0.3, 0.4) is 0 Å². The first-order chi connectivity index (χ1) is 13.0. The number of furan rings is 1. The molecule has 0 aliphatic heterocycles. The van der Waals surface area contributed by atoms with E-state index < -0.39 is 12.1 Å². The highest BCUT2D eigenvalue weighted by Gasteiger charge is 2.26. The van der Waals surface area contributed by atoms with Gasteiger partial charge < -0.3 is 14.5 Å². The molecule has 1 aliphatic carbocycles. The van der Waals surface area contributed by atoms with Crippen LogP contribution in [-0.2, 0) is 9.53 Å². The Hall–Kier alpha value is -2.82. The summed E-state index contributed by atoms with van der Waals surface area (Å²) in [6, 6.07) is 12.0. The third kappa shape index (κ3) is 3.29. The van der Waals surface area contributed by atoms with Crippen LogP contribution in [0, 0.1) is 6.92 Å². The zero-order chi connectivity index (χ0) is 19.0. The van der Waals surface area contributed by atoms with E-state index in [1.165, 1.54) is 0 Å². The molecule has 1 heterocycles. The largest absolute Gasteiger partial charge is 0.448 e. The number of benzene rings is 2. The molecule has 1 N–H and O–H groups in total. The van der Waals surface area contributed by atoms with Crippen LogP contribution in [0.5, 0.6) is 0 Å². The van der Waals surface area contributed by atoms with Gasteiger partial charge in [-0.2, -0.15) is 0 Å². The SMILES string of the molecule is Cc1c(C(=O)OC(C)C(=O)NC2CCCC2)oc2c1ccc1ccccc12. The summed E-state index contributed by atoms with van der Waals surface area (Å²) in [5.74, 6) is -0.710.